The Bertz CT molecular complexity index is 2020. The number of aromatic nitrogens is 3. The number of H-pyrrole nitrogens is 1. The SMILES string of the molecule is C#Cc1ccc2c(c1)[nH]c1c2c(=O)c2cc(CC)c(-c3cncc(OS(=O)(=O)F)c3)cc2n1C1CCN(C)CC1. The minimum atomic E-state index is -5.21. The zero-order valence-corrected chi connectivity index (χ0v) is 22.9. The van der Waals surface area contributed by atoms with Crippen LogP contribution in [-0.2, 0) is 16.9 Å². The smallest absolute Gasteiger partial charge is 0.357 e. The standard InChI is InChI=1S/C30H27FN4O4S/c1-4-18-6-7-23-26(12-18)33-30-28(23)29(36)25-14-19(5-2)24(20-13-22(17-32-16-20)39-40(31,37)38)15-27(25)35(30)21-8-10-34(3)11-9-21/h1,6-7,12-17,21,33H,5,8-11H2,2-3H3. The van der Waals surface area contributed by atoms with Gasteiger partial charge in [-0.3, -0.25) is 9.78 Å². The molecule has 0 aliphatic carbocycles. The van der Waals surface area contributed by atoms with Gasteiger partial charge in [0.15, 0.2) is 11.2 Å². The molecular weight excluding hydrogens is 531 g/mol. The van der Waals surface area contributed by atoms with Crippen LogP contribution in [0, 0.1) is 12.3 Å². The molecule has 204 valence electrons. The number of piperidine rings is 1. The summed E-state index contributed by atoms with van der Waals surface area (Å²) in [6, 6.07) is 11.1. The van der Waals surface area contributed by atoms with E-state index in [0.717, 1.165) is 70.9 Å². The Morgan fingerprint density at radius 3 is 2.62 bits per heavy atom. The van der Waals surface area contributed by atoms with E-state index >= 15 is 0 Å². The van der Waals surface area contributed by atoms with Gasteiger partial charge in [0.25, 0.3) is 0 Å². The molecule has 0 bridgehead atoms. The van der Waals surface area contributed by atoms with Crippen LogP contribution in [0.3, 0.4) is 0 Å². The van der Waals surface area contributed by atoms with Gasteiger partial charge in [0, 0.05) is 39.7 Å². The Hall–Kier alpha value is -4.20. The second-order valence-corrected chi connectivity index (χ2v) is 11.2. The summed E-state index contributed by atoms with van der Waals surface area (Å²) in [5.41, 5.74) is 5.13. The van der Waals surface area contributed by atoms with E-state index in [1.165, 1.54) is 6.07 Å². The van der Waals surface area contributed by atoms with Crippen LogP contribution in [0.25, 0.3) is 44.0 Å². The quantitative estimate of drug-likeness (QED) is 0.238. The molecule has 0 saturated carbocycles. The maximum Gasteiger partial charge on any atom is 0.488 e. The highest BCUT2D eigenvalue weighted by Gasteiger charge is 2.25. The van der Waals surface area contributed by atoms with Gasteiger partial charge in [0.1, 0.15) is 5.65 Å². The third kappa shape index (κ3) is 4.51. The molecule has 0 radical (unpaired) electrons. The first kappa shape index (κ1) is 26.0. The normalized spacial score (nSPS) is 15.2. The van der Waals surface area contributed by atoms with Gasteiger partial charge in [-0.05, 0) is 80.9 Å². The summed E-state index contributed by atoms with van der Waals surface area (Å²) in [6.07, 6.45) is 10.8. The van der Waals surface area contributed by atoms with Crippen molar-refractivity contribution in [2.75, 3.05) is 20.1 Å². The first-order chi connectivity index (χ1) is 19.2. The summed E-state index contributed by atoms with van der Waals surface area (Å²) in [5.74, 6) is 2.43. The van der Waals surface area contributed by atoms with Crippen molar-refractivity contribution < 1.29 is 16.5 Å². The summed E-state index contributed by atoms with van der Waals surface area (Å²) in [6.45, 7) is 3.82. The van der Waals surface area contributed by atoms with Gasteiger partial charge < -0.3 is 18.6 Å². The molecule has 3 aromatic heterocycles. The van der Waals surface area contributed by atoms with Crippen LogP contribution in [0.2, 0.25) is 0 Å². The largest absolute Gasteiger partial charge is 0.488 e. The number of fused-ring (bicyclic) bond motifs is 4. The van der Waals surface area contributed by atoms with Gasteiger partial charge >= 0.3 is 10.5 Å². The average Bonchev–Trinajstić information content (AvgIpc) is 3.31. The van der Waals surface area contributed by atoms with Crippen LogP contribution >= 0.6 is 0 Å². The fourth-order valence-corrected chi connectivity index (χ4v) is 6.19. The number of benzene rings is 2. The Morgan fingerprint density at radius 2 is 1.93 bits per heavy atom. The molecule has 4 heterocycles. The molecule has 10 heteroatoms. The number of rotatable bonds is 5. The Kier molecular flexibility index (Phi) is 6.36. The molecule has 5 aromatic rings. The van der Waals surface area contributed by atoms with E-state index in [4.69, 9.17) is 6.42 Å². The first-order valence-electron chi connectivity index (χ1n) is 13.1. The molecule has 0 amide bonds. The van der Waals surface area contributed by atoms with Crippen molar-refractivity contribution in [3.8, 4) is 29.2 Å². The lowest BCUT2D eigenvalue weighted by atomic mass is 9.95. The summed E-state index contributed by atoms with van der Waals surface area (Å²) >= 11 is 0. The summed E-state index contributed by atoms with van der Waals surface area (Å²) in [5, 5.41) is 2.05. The second-order valence-electron chi connectivity index (χ2n) is 10.3. The van der Waals surface area contributed by atoms with Crippen molar-refractivity contribution in [3.63, 3.8) is 0 Å². The van der Waals surface area contributed by atoms with Crippen LogP contribution in [0.4, 0.5) is 3.89 Å². The number of hydrogen-bond acceptors (Lipinski definition) is 6. The molecule has 1 fully saturated rings. The van der Waals surface area contributed by atoms with Gasteiger partial charge in [-0.15, -0.1) is 6.42 Å². The second kappa shape index (κ2) is 9.77. The maximum absolute atomic E-state index is 14.1. The monoisotopic (exact) mass is 558 g/mol. The van der Waals surface area contributed by atoms with E-state index in [1.807, 2.05) is 37.3 Å². The lowest BCUT2D eigenvalue weighted by molar-refractivity contribution is 0.226. The zero-order valence-electron chi connectivity index (χ0n) is 22.1. The molecule has 0 spiro atoms. The van der Waals surface area contributed by atoms with Crippen LogP contribution in [0.15, 0.2) is 53.6 Å². The predicted molar refractivity (Wildman–Crippen MR) is 155 cm³/mol. The summed E-state index contributed by atoms with van der Waals surface area (Å²) < 4.78 is 42.1. The van der Waals surface area contributed by atoms with Gasteiger partial charge in [-0.2, -0.15) is 8.42 Å². The lowest BCUT2D eigenvalue weighted by Crippen LogP contribution is -2.32. The predicted octanol–water partition coefficient (Wildman–Crippen LogP) is 5.10. The van der Waals surface area contributed by atoms with Crippen molar-refractivity contribution in [2.24, 2.45) is 0 Å². The molecule has 8 nitrogen and oxygen atoms in total. The van der Waals surface area contributed by atoms with Crippen LogP contribution < -0.4 is 9.61 Å². The summed E-state index contributed by atoms with van der Waals surface area (Å²) in [7, 11) is -3.10. The number of nitrogens with zero attached hydrogens (tertiary/aromatic N) is 3. The molecule has 1 aliphatic rings. The van der Waals surface area contributed by atoms with E-state index in [9.17, 15) is 17.1 Å². The topological polar surface area (TPSA) is 97.3 Å². The van der Waals surface area contributed by atoms with Crippen molar-refractivity contribution in [3.05, 3.63) is 70.1 Å². The third-order valence-electron chi connectivity index (χ3n) is 7.79. The van der Waals surface area contributed by atoms with Gasteiger partial charge in [0.2, 0.25) is 0 Å². The van der Waals surface area contributed by atoms with Crippen molar-refractivity contribution in [1.29, 1.82) is 0 Å². The fourth-order valence-electron chi connectivity index (χ4n) is 5.87. The molecule has 1 N–H and O–H groups in total. The third-order valence-corrected chi connectivity index (χ3v) is 8.18. The van der Waals surface area contributed by atoms with Crippen molar-refractivity contribution in [2.45, 2.75) is 32.2 Å². The van der Waals surface area contributed by atoms with Crippen molar-refractivity contribution in [1.82, 2.24) is 19.4 Å². The number of halogens is 1. The van der Waals surface area contributed by atoms with Gasteiger partial charge in [-0.25, -0.2) is 0 Å². The van der Waals surface area contributed by atoms with Gasteiger partial charge in [0.05, 0.1) is 17.1 Å². The first-order valence-corrected chi connectivity index (χ1v) is 14.4. The molecule has 1 saturated heterocycles. The fraction of sp³-hybridized carbons (Fsp3) is 0.267. The molecule has 6 rings (SSSR count). The van der Waals surface area contributed by atoms with Crippen LogP contribution in [0.1, 0.15) is 36.9 Å². The number of pyridine rings is 2. The van der Waals surface area contributed by atoms with Crippen LogP contribution in [0.5, 0.6) is 5.75 Å². The van der Waals surface area contributed by atoms with E-state index in [0.29, 0.717) is 22.8 Å². The highest BCUT2D eigenvalue weighted by atomic mass is 32.3. The number of terminal acetylenes is 1. The van der Waals surface area contributed by atoms with E-state index in [-0.39, 0.29) is 17.2 Å². The number of hydrogen-bond donors (Lipinski definition) is 1. The molecular formula is C30H27FN4O4S. The highest BCUT2D eigenvalue weighted by Crippen LogP contribution is 2.36. The van der Waals surface area contributed by atoms with Crippen LogP contribution in [-0.4, -0.2) is 48.0 Å². The summed E-state index contributed by atoms with van der Waals surface area (Å²) in [4.78, 5) is 24.0. The number of likely N-dealkylation sites (tertiary alicyclic amines) is 1. The van der Waals surface area contributed by atoms with E-state index in [1.54, 1.807) is 6.20 Å². The minimum Gasteiger partial charge on any atom is -0.357 e. The maximum atomic E-state index is 14.1. The number of aromatic amines is 1. The van der Waals surface area contributed by atoms with E-state index < -0.39 is 10.5 Å². The Balaban J connectivity index is 1.68. The Morgan fingerprint density at radius 1 is 1.15 bits per heavy atom. The minimum absolute atomic E-state index is 0.0751. The molecule has 40 heavy (non-hydrogen) atoms. The lowest BCUT2D eigenvalue weighted by Gasteiger charge is -2.32. The molecule has 2 aromatic carbocycles. The molecule has 1 aliphatic heterocycles. The van der Waals surface area contributed by atoms with Gasteiger partial charge in [-0.1, -0.05) is 22.8 Å². The number of aryl methyl sites for hydroxylation is 1. The highest BCUT2D eigenvalue weighted by molar-refractivity contribution is 7.81. The average molecular weight is 559 g/mol. The zero-order chi connectivity index (χ0) is 28.2. The van der Waals surface area contributed by atoms with Crippen molar-refractivity contribution >= 4 is 43.3 Å². The molecule has 0 unspecified atom stereocenters. The number of nitrogens with one attached hydrogen (secondary N) is 1. The molecule has 0 atom stereocenters. The Labute approximate surface area is 230 Å². The van der Waals surface area contributed by atoms with E-state index in [2.05, 4.69) is 36.6 Å².